The summed E-state index contributed by atoms with van der Waals surface area (Å²) in [4.78, 5) is 49.5. The number of anilines is 2. The van der Waals surface area contributed by atoms with Crippen molar-refractivity contribution in [1.29, 1.82) is 0 Å². The van der Waals surface area contributed by atoms with E-state index < -0.39 is 6.04 Å². The zero-order valence-electron chi connectivity index (χ0n) is 35.4. The molecule has 10 rings (SSSR count). The number of rotatable bonds is 9. The van der Waals surface area contributed by atoms with Crippen molar-refractivity contribution < 1.29 is 19.5 Å². The van der Waals surface area contributed by atoms with Gasteiger partial charge in [-0.25, -0.2) is 0 Å². The molecule has 3 amide bonds. The number of piperazine rings is 2. The summed E-state index contributed by atoms with van der Waals surface area (Å²) in [6.07, 6.45) is 8.07. The van der Waals surface area contributed by atoms with Gasteiger partial charge in [0, 0.05) is 101 Å². The standard InChI is InChI=1S/C51H60N6O4/c58-43-16-19-45-37(31-43)12-17-44(35-6-2-1-3-7-35)49(45)36-10-13-41(14-11-36)55-26-22-53(23-27-55)32-38-8-4-5-9-39(38)33-54-24-28-56(29-25-54)42-15-18-46-40(30-42)34-57(51(46)61)47-20-21-48(59)52-50(47)60/h1-3,6-7,10-11,13-16,18-19,30-31,38-39,44,47,49,58H,4-5,8-9,12,17,20-29,32-34H2,(H,52,59,60)/t38-,39-,44+,47-,49-/m0/s1. The lowest BCUT2D eigenvalue weighted by atomic mass is 9.69. The van der Waals surface area contributed by atoms with Crippen LogP contribution in [0.15, 0.2) is 91.0 Å². The summed E-state index contributed by atoms with van der Waals surface area (Å²) in [6, 6.07) is 31.9. The first-order valence-electron chi connectivity index (χ1n) is 23.0. The van der Waals surface area contributed by atoms with Crippen LogP contribution in [0.4, 0.5) is 11.4 Å². The maximum Gasteiger partial charge on any atom is 0.255 e. The molecule has 5 atom stereocenters. The van der Waals surface area contributed by atoms with Crippen molar-refractivity contribution in [2.45, 2.75) is 75.8 Å². The molecule has 0 radical (unpaired) electrons. The average Bonchev–Trinajstić information content (AvgIpc) is 3.62. The number of nitrogens with one attached hydrogen (secondary N) is 1. The Hall–Kier alpha value is -5.19. The van der Waals surface area contributed by atoms with Gasteiger partial charge in [0.1, 0.15) is 11.8 Å². The van der Waals surface area contributed by atoms with Crippen molar-refractivity contribution in [3.05, 3.63) is 124 Å². The van der Waals surface area contributed by atoms with Gasteiger partial charge in [0.15, 0.2) is 0 Å². The maximum absolute atomic E-state index is 13.2. The predicted molar refractivity (Wildman–Crippen MR) is 239 cm³/mol. The number of hydrogen-bond acceptors (Lipinski definition) is 8. The fourth-order valence-electron chi connectivity index (χ4n) is 11.7. The number of benzene rings is 4. The molecule has 61 heavy (non-hydrogen) atoms. The van der Waals surface area contributed by atoms with Gasteiger partial charge in [-0.3, -0.25) is 29.5 Å². The van der Waals surface area contributed by atoms with Gasteiger partial charge in [0.25, 0.3) is 5.91 Å². The number of fused-ring (bicyclic) bond motifs is 2. The highest BCUT2D eigenvalue weighted by atomic mass is 16.3. The van der Waals surface area contributed by atoms with E-state index in [2.05, 4.69) is 97.7 Å². The Balaban J connectivity index is 0.716. The van der Waals surface area contributed by atoms with E-state index in [1.165, 1.54) is 66.7 Å². The number of carbonyl (C=O) groups is 3. The van der Waals surface area contributed by atoms with Gasteiger partial charge < -0.3 is 19.8 Å². The van der Waals surface area contributed by atoms with Crippen LogP contribution in [-0.2, 0) is 22.6 Å². The molecule has 318 valence electrons. The third kappa shape index (κ3) is 8.29. The summed E-state index contributed by atoms with van der Waals surface area (Å²) >= 11 is 0. The zero-order valence-corrected chi connectivity index (χ0v) is 35.4. The summed E-state index contributed by atoms with van der Waals surface area (Å²) < 4.78 is 0. The van der Waals surface area contributed by atoms with Crippen molar-refractivity contribution >= 4 is 29.1 Å². The second kappa shape index (κ2) is 17.3. The van der Waals surface area contributed by atoms with Crippen LogP contribution in [0.25, 0.3) is 0 Å². The highest BCUT2D eigenvalue weighted by molar-refractivity contribution is 6.05. The Morgan fingerprint density at radius 3 is 1.93 bits per heavy atom. The number of piperidine rings is 1. The van der Waals surface area contributed by atoms with Crippen LogP contribution in [0, 0.1) is 11.8 Å². The largest absolute Gasteiger partial charge is 0.508 e. The number of phenolic OH excluding ortho intramolecular Hbond substituents is 1. The number of carbonyl (C=O) groups excluding carboxylic acids is 3. The van der Waals surface area contributed by atoms with E-state index >= 15 is 0 Å². The molecular weight excluding hydrogens is 761 g/mol. The van der Waals surface area contributed by atoms with Crippen LogP contribution in [0.2, 0.25) is 0 Å². The molecule has 4 heterocycles. The Morgan fingerprint density at radius 1 is 0.607 bits per heavy atom. The summed E-state index contributed by atoms with van der Waals surface area (Å²) in [5.74, 6) is 1.79. The lowest BCUT2D eigenvalue weighted by Gasteiger charge is -2.43. The minimum Gasteiger partial charge on any atom is -0.508 e. The van der Waals surface area contributed by atoms with Crippen LogP contribution < -0.4 is 15.1 Å². The molecule has 3 saturated heterocycles. The molecule has 4 fully saturated rings. The molecule has 10 heteroatoms. The van der Waals surface area contributed by atoms with E-state index in [1.807, 2.05) is 18.2 Å². The first-order valence-corrected chi connectivity index (χ1v) is 23.0. The SMILES string of the molecule is O=C1CC[C@H](N2Cc3cc(N4CCN(C[C@@H]5CCCC[C@H]5CN5CCN(c6ccc([C@@H]7c8ccc(O)cc8CC[C@@H]7c7ccccc7)cc6)CC5)CC4)ccc3C2=O)C(=O)N1. The van der Waals surface area contributed by atoms with Gasteiger partial charge >= 0.3 is 0 Å². The molecule has 4 aliphatic heterocycles. The molecule has 0 spiro atoms. The van der Waals surface area contributed by atoms with E-state index in [4.69, 9.17) is 0 Å². The molecule has 1 saturated carbocycles. The summed E-state index contributed by atoms with van der Waals surface area (Å²) in [5, 5.41) is 12.7. The number of amides is 3. The first kappa shape index (κ1) is 39.9. The number of nitrogens with zero attached hydrogens (tertiary/aromatic N) is 5. The third-order valence-electron chi connectivity index (χ3n) is 15.1. The fourth-order valence-corrected chi connectivity index (χ4v) is 11.7. The first-order chi connectivity index (χ1) is 29.8. The van der Waals surface area contributed by atoms with Crippen LogP contribution in [0.1, 0.15) is 95.0 Å². The third-order valence-corrected chi connectivity index (χ3v) is 15.1. The molecule has 2 aliphatic carbocycles. The molecule has 6 aliphatic rings. The van der Waals surface area contributed by atoms with E-state index in [-0.39, 0.29) is 30.1 Å². The van der Waals surface area contributed by atoms with Gasteiger partial charge in [0.2, 0.25) is 11.8 Å². The van der Waals surface area contributed by atoms with Crippen molar-refractivity contribution in [3.63, 3.8) is 0 Å². The molecule has 10 nitrogen and oxygen atoms in total. The molecule has 0 aromatic heterocycles. The minimum atomic E-state index is -0.583. The van der Waals surface area contributed by atoms with E-state index in [1.54, 1.807) is 4.90 Å². The second-order valence-electron chi connectivity index (χ2n) is 18.6. The van der Waals surface area contributed by atoms with Crippen LogP contribution in [-0.4, -0.2) is 109 Å². The van der Waals surface area contributed by atoms with Crippen molar-refractivity contribution in [1.82, 2.24) is 20.0 Å². The Kier molecular flexibility index (Phi) is 11.3. The van der Waals surface area contributed by atoms with E-state index in [0.717, 1.165) is 88.3 Å². The van der Waals surface area contributed by atoms with E-state index in [0.29, 0.717) is 30.2 Å². The molecule has 4 aromatic rings. The number of phenols is 1. The lowest BCUT2D eigenvalue weighted by molar-refractivity contribution is -0.136. The molecule has 2 N–H and O–H groups in total. The fraction of sp³-hybridized carbons (Fsp3) is 0.471. The van der Waals surface area contributed by atoms with Gasteiger partial charge in [-0.2, -0.15) is 0 Å². The van der Waals surface area contributed by atoms with Crippen molar-refractivity contribution in [3.8, 4) is 5.75 Å². The normalized spacial score (nSPS) is 26.3. The molecular formula is C51H60N6O4. The Morgan fingerprint density at radius 2 is 1.26 bits per heavy atom. The van der Waals surface area contributed by atoms with Crippen LogP contribution in [0.3, 0.4) is 0 Å². The lowest BCUT2D eigenvalue weighted by Crippen LogP contribution is -2.52. The van der Waals surface area contributed by atoms with Crippen LogP contribution in [0.5, 0.6) is 5.75 Å². The number of imide groups is 1. The number of aromatic hydroxyl groups is 1. The molecule has 0 bridgehead atoms. The number of aryl methyl sites for hydroxylation is 1. The van der Waals surface area contributed by atoms with E-state index in [9.17, 15) is 19.5 Å². The number of hydrogen-bond donors (Lipinski definition) is 2. The van der Waals surface area contributed by atoms with Gasteiger partial charge in [-0.05, 0) is 120 Å². The topological polar surface area (TPSA) is 99.7 Å². The van der Waals surface area contributed by atoms with Gasteiger partial charge in [0.05, 0.1) is 0 Å². The van der Waals surface area contributed by atoms with Crippen LogP contribution >= 0.6 is 0 Å². The summed E-state index contributed by atoms with van der Waals surface area (Å²) in [7, 11) is 0. The van der Waals surface area contributed by atoms with Crippen molar-refractivity contribution in [2.75, 3.05) is 75.2 Å². The maximum atomic E-state index is 13.2. The predicted octanol–water partition coefficient (Wildman–Crippen LogP) is 6.77. The summed E-state index contributed by atoms with van der Waals surface area (Å²) in [6.45, 7) is 11.2. The molecule has 4 aromatic carbocycles. The smallest absolute Gasteiger partial charge is 0.255 e. The molecule has 0 unspecified atom stereocenters. The second-order valence-corrected chi connectivity index (χ2v) is 18.6. The Labute approximate surface area is 360 Å². The Bertz CT molecular complexity index is 2230. The quantitative estimate of drug-likeness (QED) is 0.179. The highest BCUT2D eigenvalue weighted by Crippen LogP contribution is 2.47. The zero-order chi connectivity index (χ0) is 41.5. The van der Waals surface area contributed by atoms with Crippen molar-refractivity contribution in [2.24, 2.45) is 11.8 Å². The summed E-state index contributed by atoms with van der Waals surface area (Å²) in [5.41, 5.74) is 9.48. The minimum absolute atomic E-state index is 0.113. The van der Waals surface area contributed by atoms with Gasteiger partial charge in [-0.1, -0.05) is 61.4 Å². The van der Waals surface area contributed by atoms with Gasteiger partial charge in [-0.15, -0.1) is 0 Å². The highest BCUT2D eigenvalue weighted by Gasteiger charge is 2.40. The monoisotopic (exact) mass is 820 g/mol. The average molecular weight is 821 g/mol.